The lowest BCUT2D eigenvalue weighted by Gasteiger charge is -2.11. The largest absolute Gasteiger partial charge is 0.309 e. The van der Waals surface area contributed by atoms with Gasteiger partial charge in [0.2, 0.25) is 0 Å². The van der Waals surface area contributed by atoms with E-state index in [0.29, 0.717) is 6.04 Å². The molecule has 4 nitrogen and oxygen atoms in total. The fourth-order valence-electron chi connectivity index (χ4n) is 2.57. The third-order valence-electron chi connectivity index (χ3n) is 3.82. The van der Waals surface area contributed by atoms with Gasteiger partial charge in [0, 0.05) is 18.0 Å². The maximum atomic E-state index is 4.67. The van der Waals surface area contributed by atoms with Crippen LogP contribution in [0.25, 0.3) is 5.65 Å². The average molecular weight is 244 g/mol. The molecule has 0 saturated carbocycles. The third kappa shape index (κ3) is 2.12. The zero-order chi connectivity index (χ0) is 12.5. The first-order valence-electron chi connectivity index (χ1n) is 6.81. The van der Waals surface area contributed by atoms with Gasteiger partial charge in [-0.05, 0) is 38.8 Å². The van der Waals surface area contributed by atoms with E-state index in [-0.39, 0.29) is 0 Å². The van der Waals surface area contributed by atoms with Crippen LogP contribution in [-0.2, 0) is 0 Å². The zero-order valence-corrected chi connectivity index (χ0v) is 11.1. The van der Waals surface area contributed by atoms with E-state index in [0.717, 1.165) is 23.6 Å². The number of hydrogen-bond acceptors (Lipinski definition) is 3. The van der Waals surface area contributed by atoms with E-state index >= 15 is 0 Å². The molecule has 1 saturated heterocycles. The molecule has 4 heteroatoms. The highest BCUT2D eigenvalue weighted by atomic mass is 15.3. The first kappa shape index (κ1) is 11.7. The number of hydrogen-bond donors (Lipinski definition) is 1. The average Bonchev–Trinajstić information content (AvgIpc) is 2.60. The maximum Gasteiger partial charge on any atom is 0.155 e. The summed E-state index contributed by atoms with van der Waals surface area (Å²) in [6.45, 7) is 5.23. The lowest BCUT2D eigenvalue weighted by Crippen LogP contribution is -2.20. The summed E-state index contributed by atoms with van der Waals surface area (Å²) in [7, 11) is 0. The van der Waals surface area contributed by atoms with Gasteiger partial charge in [0.15, 0.2) is 5.65 Å². The van der Waals surface area contributed by atoms with Crippen LogP contribution in [0, 0.1) is 13.8 Å². The molecule has 1 N–H and O–H groups in total. The minimum atomic E-state index is 0.398. The van der Waals surface area contributed by atoms with Gasteiger partial charge in [0.25, 0.3) is 0 Å². The highest BCUT2D eigenvalue weighted by Gasteiger charge is 2.17. The highest BCUT2D eigenvalue weighted by molar-refractivity contribution is 5.42. The summed E-state index contributed by atoms with van der Waals surface area (Å²) in [6, 6.07) is 2.52. The molecule has 0 aliphatic carbocycles. The van der Waals surface area contributed by atoms with E-state index in [1.54, 1.807) is 0 Å². The Bertz CT molecular complexity index is 511. The molecule has 0 aromatic carbocycles. The minimum absolute atomic E-state index is 0.398. The number of aryl methyl sites for hydroxylation is 2. The maximum absolute atomic E-state index is 4.67. The molecule has 1 aliphatic rings. The smallest absolute Gasteiger partial charge is 0.155 e. The van der Waals surface area contributed by atoms with E-state index in [1.807, 2.05) is 11.4 Å². The Morgan fingerprint density at radius 1 is 1.28 bits per heavy atom. The van der Waals surface area contributed by atoms with Gasteiger partial charge < -0.3 is 5.32 Å². The lowest BCUT2D eigenvalue weighted by molar-refractivity contribution is 0.519. The molecule has 1 fully saturated rings. The van der Waals surface area contributed by atoms with E-state index in [4.69, 9.17) is 0 Å². The Labute approximate surface area is 107 Å². The molecule has 0 bridgehead atoms. The normalized spacial score (nSPS) is 21.1. The summed E-state index contributed by atoms with van der Waals surface area (Å²) in [4.78, 5) is 4.59. The summed E-state index contributed by atoms with van der Waals surface area (Å²) in [5, 5.41) is 8.26. The Morgan fingerprint density at radius 2 is 2.17 bits per heavy atom. The van der Waals surface area contributed by atoms with E-state index in [2.05, 4.69) is 34.6 Å². The van der Waals surface area contributed by atoms with Crippen molar-refractivity contribution in [3.05, 3.63) is 29.2 Å². The Kier molecular flexibility index (Phi) is 3.04. The lowest BCUT2D eigenvalue weighted by atomic mass is 10.1. The summed E-state index contributed by atoms with van der Waals surface area (Å²) < 4.78 is 1.91. The van der Waals surface area contributed by atoms with Gasteiger partial charge in [-0.25, -0.2) is 9.50 Å². The molecule has 0 spiro atoms. The molecule has 0 radical (unpaired) electrons. The Hall–Kier alpha value is -1.42. The first-order chi connectivity index (χ1) is 8.74. The van der Waals surface area contributed by atoms with Gasteiger partial charge in [0.05, 0.1) is 11.7 Å². The summed E-state index contributed by atoms with van der Waals surface area (Å²) in [5.41, 5.74) is 4.36. The topological polar surface area (TPSA) is 42.2 Å². The van der Waals surface area contributed by atoms with Crippen molar-refractivity contribution in [2.45, 2.75) is 45.6 Å². The molecule has 3 heterocycles. The Balaban J connectivity index is 1.96. The molecule has 18 heavy (non-hydrogen) atoms. The second-order valence-corrected chi connectivity index (χ2v) is 5.24. The van der Waals surface area contributed by atoms with Crippen LogP contribution < -0.4 is 5.32 Å². The number of fused-ring (bicyclic) bond motifs is 1. The number of aromatic nitrogens is 3. The van der Waals surface area contributed by atoms with Crippen molar-refractivity contribution in [3.63, 3.8) is 0 Å². The van der Waals surface area contributed by atoms with E-state index in [1.165, 1.54) is 31.2 Å². The van der Waals surface area contributed by atoms with Crippen LogP contribution >= 0.6 is 0 Å². The quantitative estimate of drug-likeness (QED) is 0.838. The van der Waals surface area contributed by atoms with Crippen LogP contribution in [0.15, 0.2) is 12.3 Å². The van der Waals surface area contributed by atoms with Crippen LogP contribution in [0.4, 0.5) is 0 Å². The van der Waals surface area contributed by atoms with Crippen molar-refractivity contribution in [1.82, 2.24) is 19.9 Å². The molecule has 96 valence electrons. The summed E-state index contributed by atoms with van der Waals surface area (Å²) in [6.07, 6.45) is 7.14. The van der Waals surface area contributed by atoms with Crippen LogP contribution in [0.5, 0.6) is 0 Å². The molecule has 3 rings (SSSR count). The second-order valence-electron chi connectivity index (χ2n) is 5.24. The molecule has 1 aliphatic heterocycles. The van der Waals surface area contributed by atoms with Gasteiger partial charge in [-0.1, -0.05) is 12.8 Å². The van der Waals surface area contributed by atoms with E-state index < -0.39 is 0 Å². The number of rotatable bonds is 1. The third-order valence-corrected chi connectivity index (χ3v) is 3.82. The van der Waals surface area contributed by atoms with Gasteiger partial charge >= 0.3 is 0 Å². The molecule has 2 aromatic heterocycles. The first-order valence-corrected chi connectivity index (χ1v) is 6.81. The van der Waals surface area contributed by atoms with Gasteiger partial charge in [0.1, 0.15) is 0 Å². The monoisotopic (exact) mass is 244 g/mol. The SMILES string of the molecule is Cc1cn2nc(C3CCCCCN3)cc2nc1C. The highest BCUT2D eigenvalue weighted by Crippen LogP contribution is 2.22. The number of nitrogens with one attached hydrogen (secondary N) is 1. The van der Waals surface area contributed by atoms with Crippen LogP contribution in [0.1, 0.15) is 48.7 Å². The Morgan fingerprint density at radius 3 is 3.06 bits per heavy atom. The van der Waals surface area contributed by atoms with Crippen LogP contribution in [0.2, 0.25) is 0 Å². The predicted octanol–water partition coefficient (Wildman–Crippen LogP) is 2.55. The summed E-state index contributed by atoms with van der Waals surface area (Å²) >= 11 is 0. The zero-order valence-electron chi connectivity index (χ0n) is 11.1. The minimum Gasteiger partial charge on any atom is -0.309 e. The molecule has 0 amide bonds. The molecule has 1 unspecified atom stereocenters. The second kappa shape index (κ2) is 4.69. The molecule has 1 atom stereocenters. The predicted molar refractivity (Wildman–Crippen MR) is 71.7 cm³/mol. The molecule has 2 aromatic rings. The van der Waals surface area contributed by atoms with Crippen molar-refractivity contribution in [2.24, 2.45) is 0 Å². The van der Waals surface area contributed by atoms with Gasteiger partial charge in [-0.15, -0.1) is 0 Å². The molecular weight excluding hydrogens is 224 g/mol. The van der Waals surface area contributed by atoms with E-state index in [9.17, 15) is 0 Å². The van der Waals surface area contributed by atoms with Crippen LogP contribution in [-0.4, -0.2) is 21.1 Å². The van der Waals surface area contributed by atoms with Crippen molar-refractivity contribution in [3.8, 4) is 0 Å². The fraction of sp³-hybridized carbons (Fsp3) is 0.571. The number of nitrogens with zero attached hydrogens (tertiary/aromatic N) is 3. The van der Waals surface area contributed by atoms with Gasteiger partial charge in [-0.3, -0.25) is 0 Å². The van der Waals surface area contributed by atoms with Crippen molar-refractivity contribution >= 4 is 5.65 Å². The van der Waals surface area contributed by atoms with Crippen molar-refractivity contribution in [2.75, 3.05) is 6.54 Å². The molecular formula is C14H20N4. The fourth-order valence-corrected chi connectivity index (χ4v) is 2.57. The summed E-state index contributed by atoms with van der Waals surface area (Å²) in [5.74, 6) is 0. The van der Waals surface area contributed by atoms with Gasteiger partial charge in [-0.2, -0.15) is 5.10 Å². The van der Waals surface area contributed by atoms with Crippen molar-refractivity contribution < 1.29 is 0 Å². The van der Waals surface area contributed by atoms with Crippen LogP contribution in [0.3, 0.4) is 0 Å². The van der Waals surface area contributed by atoms with Crippen molar-refractivity contribution in [1.29, 1.82) is 0 Å². The standard InChI is InChI=1S/C14H20N4/c1-10-9-18-14(16-11(10)2)8-13(17-18)12-6-4-3-5-7-15-12/h8-9,12,15H,3-7H2,1-2H3.